The van der Waals surface area contributed by atoms with Crippen LogP contribution in [0.25, 0.3) is 6.08 Å². The van der Waals surface area contributed by atoms with E-state index in [1.54, 1.807) is 37.5 Å². The molecule has 5 rings (SSSR count). The number of carboxylic acids is 1. The number of nitrogens with zero attached hydrogens (tertiary/aromatic N) is 4. The summed E-state index contributed by atoms with van der Waals surface area (Å²) < 4.78 is 14.8. The van der Waals surface area contributed by atoms with Crippen LogP contribution in [0.3, 0.4) is 0 Å². The molecule has 49 heavy (non-hydrogen) atoms. The van der Waals surface area contributed by atoms with Gasteiger partial charge in [-0.2, -0.15) is 9.36 Å². The van der Waals surface area contributed by atoms with Gasteiger partial charge in [0, 0.05) is 23.2 Å². The van der Waals surface area contributed by atoms with Crippen molar-refractivity contribution in [2.45, 2.75) is 43.4 Å². The van der Waals surface area contributed by atoms with Crippen molar-refractivity contribution in [1.82, 2.24) is 19.6 Å². The van der Waals surface area contributed by atoms with E-state index in [-0.39, 0.29) is 23.3 Å². The highest BCUT2D eigenvalue weighted by atomic mass is 35.5. The van der Waals surface area contributed by atoms with E-state index in [9.17, 15) is 24.3 Å². The number of carboxylic acid groups (broad SMARTS) is 1. The fourth-order valence-corrected chi connectivity index (χ4v) is 6.47. The average molecular weight is 727 g/mol. The standard InChI is InChI=1S/C32H31ClN6O8S2/c1-32(2,30(43)44)47-37-22(25-36-31(34)49-38-25)26(40)35-23-27(41)39-24(29(42)46-15-19-9-12-21(45-3)13-10-19)20(16-48-28(23)39)11-8-17-4-6-18(14-33)7-5-17/h4-13,23,28H,14-16H2,1-3H3,(H,35,40)(H,43,44)(H2,34,36,38)/b11-8+,37-22-/t23-,28-/m1/s1. The third kappa shape index (κ3) is 8.04. The summed E-state index contributed by atoms with van der Waals surface area (Å²) in [5, 5.41) is 15.1. The number of methoxy groups -OCH3 is 1. The quantitative estimate of drug-likeness (QED) is 0.0763. The number of rotatable bonds is 13. The third-order valence-corrected chi connectivity index (χ3v) is 9.52. The molecule has 0 aliphatic carbocycles. The number of nitrogen functional groups attached to an aromatic ring is 1. The number of amides is 2. The number of esters is 1. The number of oxime groups is 1. The average Bonchev–Trinajstić information content (AvgIpc) is 3.53. The second-order valence-electron chi connectivity index (χ2n) is 11.2. The number of carbonyl (C=O) groups excluding carboxylic acids is 3. The van der Waals surface area contributed by atoms with Gasteiger partial charge < -0.3 is 30.5 Å². The number of halogens is 1. The van der Waals surface area contributed by atoms with Crippen LogP contribution in [0.1, 0.15) is 36.4 Å². The van der Waals surface area contributed by atoms with Crippen molar-refractivity contribution in [2.75, 3.05) is 18.6 Å². The molecular weight excluding hydrogens is 696 g/mol. The number of fused-ring (bicyclic) bond motifs is 1. The first-order chi connectivity index (χ1) is 23.4. The van der Waals surface area contributed by atoms with Crippen LogP contribution in [-0.2, 0) is 41.2 Å². The van der Waals surface area contributed by atoms with Crippen molar-refractivity contribution in [3.63, 3.8) is 0 Å². The summed E-state index contributed by atoms with van der Waals surface area (Å²) in [5.74, 6) is -2.41. The lowest BCUT2D eigenvalue weighted by atomic mass is 10.0. The Morgan fingerprint density at radius 3 is 2.45 bits per heavy atom. The highest BCUT2D eigenvalue weighted by Gasteiger charge is 2.54. The Morgan fingerprint density at radius 2 is 1.84 bits per heavy atom. The van der Waals surface area contributed by atoms with Crippen LogP contribution in [0.2, 0.25) is 0 Å². The van der Waals surface area contributed by atoms with E-state index < -0.39 is 46.5 Å². The summed E-state index contributed by atoms with van der Waals surface area (Å²) in [7, 11) is 1.55. The first-order valence-electron chi connectivity index (χ1n) is 14.6. The molecule has 2 amide bonds. The Kier molecular flexibility index (Phi) is 10.9. The smallest absolute Gasteiger partial charge is 0.355 e. The third-order valence-electron chi connectivity index (χ3n) is 7.37. The number of allylic oxidation sites excluding steroid dienone is 1. The van der Waals surface area contributed by atoms with Crippen molar-refractivity contribution < 1.29 is 38.6 Å². The zero-order valence-electron chi connectivity index (χ0n) is 26.4. The monoisotopic (exact) mass is 726 g/mol. The number of benzene rings is 2. The van der Waals surface area contributed by atoms with Crippen LogP contribution in [0.4, 0.5) is 5.13 Å². The number of hydrogen-bond acceptors (Lipinski definition) is 13. The molecule has 1 aromatic heterocycles. The number of aromatic nitrogens is 2. The summed E-state index contributed by atoms with van der Waals surface area (Å²) in [6.07, 6.45) is 3.58. The van der Waals surface area contributed by atoms with Gasteiger partial charge in [0.05, 0.1) is 7.11 Å². The number of carbonyl (C=O) groups is 4. The number of nitrogens with two attached hydrogens (primary N) is 1. The highest BCUT2D eigenvalue weighted by Crippen LogP contribution is 2.41. The number of ether oxygens (including phenoxy) is 2. The van der Waals surface area contributed by atoms with E-state index in [0.717, 1.165) is 22.7 Å². The molecule has 0 bridgehead atoms. The molecule has 4 N–H and O–H groups in total. The van der Waals surface area contributed by atoms with Gasteiger partial charge in [0.2, 0.25) is 17.1 Å². The fraction of sp³-hybridized carbons (Fsp3) is 0.281. The Bertz CT molecular complexity index is 1840. The van der Waals surface area contributed by atoms with Crippen LogP contribution >= 0.6 is 34.9 Å². The van der Waals surface area contributed by atoms with Crippen LogP contribution in [0, 0.1) is 0 Å². The molecular formula is C32H31ClN6O8S2. The summed E-state index contributed by atoms with van der Waals surface area (Å²) in [6, 6.07) is 13.5. The molecule has 2 aliphatic rings. The maximum Gasteiger partial charge on any atom is 0.355 e. The molecule has 2 atom stereocenters. The fourth-order valence-electron chi connectivity index (χ4n) is 4.54. The number of alkyl halides is 1. The number of aliphatic carboxylic acids is 1. The largest absolute Gasteiger partial charge is 0.497 e. The number of nitrogens with one attached hydrogen (secondary N) is 1. The van der Waals surface area contributed by atoms with Gasteiger partial charge >= 0.3 is 11.9 Å². The molecule has 17 heteroatoms. The Labute approximate surface area is 294 Å². The molecule has 3 heterocycles. The molecule has 14 nitrogen and oxygen atoms in total. The van der Waals surface area contributed by atoms with Gasteiger partial charge in [0.1, 0.15) is 29.5 Å². The van der Waals surface area contributed by atoms with Gasteiger partial charge in [0.25, 0.3) is 11.8 Å². The van der Waals surface area contributed by atoms with Gasteiger partial charge in [-0.15, -0.1) is 23.4 Å². The lowest BCUT2D eigenvalue weighted by Crippen LogP contribution is -2.71. The zero-order chi connectivity index (χ0) is 35.3. The normalized spacial score (nSPS) is 17.8. The Balaban J connectivity index is 1.39. The Hall–Kier alpha value is -4.93. The summed E-state index contributed by atoms with van der Waals surface area (Å²) in [5.41, 5.74) is 6.55. The van der Waals surface area contributed by atoms with Crippen molar-refractivity contribution in [1.29, 1.82) is 0 Å². The minimum absolute atomic E-state index is 0.0280. The number of thioether (sulfide) groups is 1. The van der Waals surface area contributed by atoms with E-state index in [1.165, 1.54) is 30.5 Å². The number of hydrogen-bond donors (Lipinski definition) is 3. The molecule has 3 aromatic rings. The molecule has 1 saturated heterocycles. The predicted octanol–water partition coefficient (Wildman–Crippen LogP) is 3.56. The first-order valence-corrected chi connectivity index (χ1v) is 17.0. The van der Waals surface area contributed by atoms with Gasteiger partial charge in [-0.25, -0.2) is 9.59 Å². The minimum atomic E-state index is -1.79. The molecule has 0 spiro atoms. The van der Waals surface area contributed by atoms with Gasteiger partial charge in [-0.3, -0.25) is 14.5 Å². The van der Waals surface area contributed by atoms with Crippen molar-refractivity contribution >= 4 is 75.6 Å². The van der Waals surface area contributed by atoms with Crippen LogP contribution in [-0.4, -0.2) is 78.7 Å². The molecule has 0 saturated carbocycles. The summed E-state index contributed by atoms with van der Waals surface area (Å²) >= 11 is 8.04. The maximum absolute atomic E-state index is 13.7. The van der Waals surface area contributed by atoms with Gasteiger partial charge in [-0.1, -0.05) is 53.7 Å². The molecule has 1 fully saturated rings. The predicted molar refractivity (Wildman–Crippen MR) is 184 cm³/mol. The Morgan fingerprint density at radius 1 is 1.14 bits per heavy atom. The SMILES string of the molecule is COc1ccc(COC(=O)C2=C(/C=C/c3ccc(CCl)cc3)CS[C@@H]3[C@H](NC(=O)/C(=N\OC(C)(C)C(=O)O)c4nsc(N)n4)C(=O)N23)cc1. The van der Waals surface area contributed by atoms with Gasteiger partial charge in [0.15, 0.2) is 5.13 Å². The van der Waals surface area contributed by atoms with Crippen molar-refractivity contribution in [3.05, 3.63) is 88.4 Å². The first kappa shape index (κ1) is 35.4. The molecule has 256 valence electrons. The van der Waals surface area contributed by atoms with Crippen LogP contribution in [0.5, 0.6) is 5.75 Å². The van der Waals surface area contributed by atoms with Gasteiger partial charge in [-0.05, 0) is 48.2 Å². The lowest BCUT2D eigenvalue weighted by Gasteiger charge is -2.49. The number of anilines is 1. The highest BCUT2D eigenvalue weighted by molar-refractivity contribution is 8.00. The van der Waals surface area contributed by atoms with E-state index in [4.69, 9.17) is 31.6 Å². The molecule has 2 aliphatic heterocycles. The van der Waals surface area contributed by atoms with E-state index in [1.807, 2.05) is 30.3 Å². The number of β-lactam (4-membered cyclic amide) rings is 1. The van der Waals surface area contributed by atoms with Crippen LogP contribution in [0.15, 0.2) is 71.0 Å². The second kappa shape index (κ2) is 15.1. The minimum Gasteiger partial charge on any atom is -0.497 e. The molecule has 0 radical (unpaired) electrons. The summed E-state index contributed by atoms with van der Waals surface area (Å²) in [6.45, 7) is 2.43. The van der Waals surface area contributed by atoms with Crippen LogP contribution < -0.4 is 15.8 Å². The van der Waals surface area contributed by atoms with E-state index >= 15 is 0 Å². The zero-order valence-corrected chi connectivity index (χ0v) is 28.8. The van der Waals surface area contributed by atoms with E-state index in [0.29, 0.717) is 28.5 Å². The maximum atomic E-state index is 13.7. The molecule has 2 aromatic carbocycles. The molecule has 0 unspecified atom stereocenters. The van der Waals surface area contributed by atoms with Crippen molar-refractivity contribution in [2.24, 2.45) is 5.16 Å². The van der Waals surface area contributed by atoms with E-state index in [2.05, 4.69) is 19.8 Å². The summed E-state index contributed by atoms with van der Waals surface area (Å²) in [4.78, 5) is 62.7. The lowest BCUT2D eigenvalue weighted by molar-refractivity contribution is -0.161. The van der Waals surface area contributed by atoms with Crippen molar-refractivity contribution in [3.8, 4) is 5.75 Å². The second-order valence-corrected chi connectivity index (χ2v) is 13.3. The topological polar surface area (TPSA) is 196 Å².